The van der Waals surface area contributed by atoms with Crippen LogP contribution in [0.4, 0.5) is 26.3 Å². The van der Waals surface area contributed by atoms with Gasteiger partial charge in [0, 0.05) is 108 Å². The number of ether oxygens (including phenoxy) is 13. The van der Waals surface area contributed by atoms with Crippen LogP contribution >= 0.6 is 82.2 Å². The molecule has 12 aromatic rings. The van der Waals surface area contributed by atoms with Gasteiger partial charge in [-0.3, -0.25) is 28.8 Å². The first kappa shape index (κ1) is 118. The second-order valence-corrected chi connectivity index (χ2v) is 35.3. The molecule has 1 fully saturated rings. The van der Waals surface area contributed by atoms with Crippen LogP contribution in [0.5, 0.6) is 74.7 Å². The van der Waals surface area contributed by atoms with Gasteiger partial charge in [0.2, 0.25) is 0 Å². The average molecular weight is 2140 g/mol. The summed E-state index contributed by atoms with van der Waals surface area (Å²) in [6, 6.07) is 48.6. The lowest BCUT2D eigenvalue weighted by Gasteiger charge is -2.16. The van der Waals surface area contributed by atoms with Gasteiger partial charge in [-0.1, -0.05) is 185 Å². The van der Waals surface area contributed by atoms with E-state index in [1.807, 2.05) is 57.2 Å². The van der Waals surface area contributed by atoms with E-state index in [1.54, 1.807) is 156 Å². The monoisotopic (exact) mass is 2130 g/mol. The molecule has 0 aromatic heterocycles. The highest BCUT2D eigenvalue weighted by Gasteiger charge is 2.30. The molecule has 0 unspecified atom stereocenters. The van der Waals surface area contributed by atoms with E-state index in [4.69, 9.17) is 131 Å². The number of benzene rings is 12. The third kappa shape index (κ3) is 35.5. The third-order valence-electron chi connectivity index (χ3n) is 21.9. The number of aryl methyl sites for hydroxylation is 8. The van der Waals surface area contributed by atoms with Crippen molar-refractivity contribution in [3.63, 3.8) is 0 Å². The van der Waals surface area contributed by atoms with Gasteiger partial charge in [-0.25, -0.2) is 26.3 Å². The van der Waals surface area contributed by atoms with Crippen molar-refractivity contribution in [2.24, 2.45) is 0 Å². The number of aliphatic hydroxyl groups excluding tert-OH is 1. The zero-order chi connectivity index (χ0) is 106. The Balaban J connectivity index is 0.000000212. The first-order chi connectivity index (χ1) is 69.2. The lowest BCUT2D eigenvalue weighted by molar-refractivity contribution is -0.135. The van der Waals surface area contributed by atoms with Crippen LogP contribution < -0.4 is 61.6 Å². The van der Waals surface area contributed by atoms with E-state index in [9.17, 15) is 60.2 Å². The van der Waals surface area contributed by atoms with Crippen LogP contribution in [0.1, 0.15) is 207 Å². The molecule has 12 aromatic carbocycles. The molecule has 33 heteroatoms. The second kappa shape index (κ2) is 58.7. The van der Waals surface area contributed by atoms with Crippen molar-refractivity contribution in [1.29, 1.82) is 0 Å². The van der Waals surface area contributed by atoms with Gasteiger partial charge in [-0.2, -0.15) is 12.6 Å². The predicted molar refractivity (Wildman–Crippen MR) is 553 cm³/mol. The van der Waals surface area contributed by atoms with Crippen molar-refractivity contribution < 1.29 is 122 Å². The average Bonchev–Trinajstić information content (AvgIpc) is 1.66. The van der Waals surface area contributed by atoms with Gasteiger partial charge >= 0.3 is 35.8 Å². The van der Waals surface area contributed by atoms with Crippen LogP contribution in [0, 0.1) is 83.4 Å². The summed E-state index contributed by atoms with van der Waals surface area (Å²) in [7, 11) is 0. The number of esters is 6. The van der Waals surface area contributed by atoms with Crippen LogP contribution in [0.3, 0.4) is 0 Å². The second-order valence-electron chi connectivity index (χ2n) is 32.6. The highest BCUT2D eigenvalue weighted by Crippen LogP contribution is 2.46. The molecule has 20 nitrogen and oxygen atoms in total. The molecule has 0 aliphatic heterocycles. The predicted octanol–water partition coefficient (Wildman–Crippen LogP) is 30.2. The Bertz CT molecular complexity index is 6220. The Morgan fingerprint density at radius 1 is 0.283 bits per heavy atom. The molecule has 0 amide bonds. The largest absolute Gasteiger partial charge is 0.493 e. The molecule has 145 heavy (non-hydrogen) atoms. The van der Waals surface area contributed by atoms with E-state index in [2.05, 4.69) is 12.6 Å². The van der Waals surface area contributed by atoms with Crippen molar-refractivity contribution in [2.75, 3.05) is 6.61 Å². The van der Waals surface area contributed by atoms with Crippen LogP contribution in [0.25, 0.3) is 0 Å². The molecule has 0 spiro atoms. The molecule has 13 rings (SSSR count). The zero-order valence-corrected chi connectivity index (χ0v) is 88.2. The van der Waals surface area contributed by atoms with Crippen molar-refractivity contribution in [3.05, 3.63) is 342 Å². The highest BCUT2D eigenvalue weighted by atomic mass is 35.5. The van der Waals surface area contributed by atoms with Crippen molar-refractivity contribution >= 4 is 118 Å². The number of rotatable bonds is 36. The van der Waals surface area contributed by atoms with Gasteiger partial charge in [0.25, 0.3) is 0 Å². The lowest BCUT2D eigenvalue weighted by atomic mass is 10.0. The smallest absolute Gasteiger partial charge is 0.310 e. The molecule has 1 saturated carbocycles. The molecular weight excluding hydrogens is 2020 g/mol. The summed E-state index contributed by atoms with van der Waals surface area (Å²) in [5.41, 5.74) is 11.2. The summed E-state index contributed by atoms with van der Waals surface area (Å²) in [4.78, 5) is 69.6. The van der Waals surface area contributed by atoms with Gasteiger partial charge in [0.05, 0.1) is 48.9 Å². The number of thiol groups is 1. The number of carbonyl (C=O) groups excluding carboxylic acids is 6. The highest BCUT2D eigenvalue weighted by molar-refractivity contribution is 7.79. The third-order valence-corrected chi connectivity index (χ3v) is 24.1. The SMILES string of the molecule is CCC(=O)Oc1cccc(C)c1COc1cc(F)c(C)cc1Cl.CCC(=O)Oc1cccc(C2CC2)c1COc1cc(F)c(C)cc1Cl.CCC(=O)Oc1cccc(CC)c1COc1cc(F)c(C)cc1Cl.CCC(=O)Oc1cccc(CO)c1COc1cc(F)c(C)cc1Cl.CCC(=O)Oc1cccc(CS)c1COc1cc(F)c(C)cc1Cl.CCOc1cccc(OC(=O)CC)c1COc1cc(F)c(C)cc1Cl. The molecule has 1 aliphatic carbocycles. The number of aliphatic hydroxyl groups is 1. The summed E-state index contributed by atoms with van der Waals surface area (Å²) >= 11 is 40.9. The van der Waals surface area contributed by atoms with E-state index in [0.717, 1.165) is 58.2 Å². The number of halogens is 12. The first-order valence-corrected chi connectivity index (χ1v) is 49.4. The fraction of sp³-hybridized carbons (Fsp3) is 0.304. The van der Waals surface area contributed by atoms with E-state index in [0.29, 0.717) is 146 Å². The molecule has 772 valence electrons. The van der Waals surface area contributed by atoms with Crippen molar-refractivity contribution in [3.8, 4) is 74.7 Å². The van der Waals surface area contributed by atoms with Crippen LogP contribution in [-0.2, 0) is 87.2 Å². The summed E-state index contributed by atoms with van der Waals surface area (Å²) in [5, 5.41) is 11.4. The summed E-state index contributed by atoms with van der Waals surface area (Å²) in [5.74, 6) is 0.950. The Morgan fingerprint density at radius 3 is 0.807 bits per heavy atom. The topological polar surface area (TPSA) is 243 Å². The Morgan fingerprint density at radius 2 is 0.517 bits per heavy atom. The van der Waals surface area contributed by atoms with E-state index < -0.39 is 23.4 Å². The van der Waals surface area contributed by atoms with Crippen molar-refractivity contribution in [2.45, 2.75) is 220 Å². The lowest BCUT2D eigenvalue weighted by Crippen LogP contribution is -2.10. The molecular formula is C112H114Cl6F6O20S. The fourth-order valence-corrected chi connectivity index (χ4v) is 15.3. The molecule has 0 heterocycles. The van der Waals surface area contributed by atoms with E-state index in [1.165, 1.54) is 72.8 Å². The Labute approximate surface area is 876 Å². The summed E-state index contributed by atoms with van der Waals surface area (Å²) in [6.07, 6.45) is 4.56. The maximum atomic E-state index is 13.8. The van der Waals surface area contributed by atoms with Crippen LogP contribution in [0.15, 0.2) is 182 Å². The Kier molecular flexibility index (Phi) is 47.8. The molecule has 0 atom stereocenters. The van der Waals surface area contributed by atoms with Crippen LogP contribution in [0.2, 0.25) is 30.1 Å². The van der Waals surface area contributed by atoms with Crippen molar-refractivity contribution in [1.82, 2.24) is 0 Å². The standard InChI is InChI=1S/C20H20ClFO3.C19H20ClFO4.C19H20ClFO3.C18H18ClFO4.C18H18ClFO3S.C18H18ClFO3/c1-3-20(23)25-18-6-4-5-14(13-7-8-13)15(18)11-24-19-10-17(22)12(2)9-16(19)21;1-4-19(22)25-17-8-6-7-16(23-5-2)13(17)11-24-18-10-15(21)12(3)9-14(18)20;1-4-13-7-6-8-17(24-19(22)5-2)14(13)11-23-18-10-16(21)12(3)9-15(18)20;1-3-18(22)24-16-6-4-5-12(9-21)13(16)10-23-17-8-15(20)11(2)7-14(17)19;1-3-18(21)23-16-6-4-5-12(10-24)13(16)9-22-17-8-15(20)11(2)7-14(17)19;1-4-18(21)23-16-7-5-6-11(2)13(16)10-22-17-9-15(20)12(3)8-14(17)19/h4-6,9-10,13H,3,7-8,11H2,1-2H3;6-10H,4-5,11H2,1-3H3;6-10H,4-5,11H2,1-3H3;4-8,21H,3,9-10H2,1-2H3;4-8,24H,3,9-10H2,1-2H3;5-9H,4,10H2,1-3H3. The van der Waals surface area contributed by atoms with Gasteiger partial charge in [0.1, 0.15) is 149 Å². The zero-order valence-electron chi connectivity index (χ0n) is 82.8. The number of hydrogen-bond donors (Lipinski definition) is 2. The minimum Gasteiger partial charge on any atom is -0.493 e. The van der Waals surface area contributed by atoms with E-state index in [-0.39, 0.29) is 165 Å². The number of carbonyl (C=O) groups is 6. The quantitative estimate of drug-likeness (QED) is 0.0160. The maximum Gasteiger partial charge on any atom is 0.310 e. The maximum absolute atomic E-state index is 13.8. The Hall–Kier alpha value is -12.3. The van der Waals surface area contributed by atoms with Gasteiger partial charge in [-0.05, 0) is 221 Å². The molecule has 1 aliphatic rings. The van der Waals surface area contributed by atoms with Gasteiger partial charge in [-0.15, -0.1) is 0 Å². The summed E-state index contributed by atoms with van der Waals surface area (Å²) < 4.78 is 154. The van der Waals surface area contributed by atoms with Gasteiger partial charge < -0.3 is 66.7 Å². The summed E-state index contributed by atoms with van der Waals surface area (Å²) in [6.45, 7) is 26.5. The normalized spacial score (nSPS) is 11.0. The number of hydrogen-bond acceptors (Lipinski definition) is 21. The molecule has 0 bridgehead atoms. The molecule has 0 radical (unpaired) electrons. The minimum atomic E-state index is -0.428. The molecule has 0 saturated heterocycles. The fourth-order valence-electron chi connectivity index (χ4n) is 13.4. The van der Waals surface area contributed by atoms with Crippen LogP contribution in [-0.4, -0.2) is 47.5 Å². The van der Waals surface area contributed by atoms with Gasteiger partial charge in [0.15, 0.2) is 0 Å². The van der Waals surface area contributed by atoms with E-state index >= 15 is 0 Å². The first-order valence-electron chi connectivity index (χ1n) is 46.5. The molecule has 1 N–H and O–H groups in total. The minimum absolute atomic E-state index is 0.0186.